The fourth-order valence-electron chi connectivity index (χ4n) is 1.04. The molecule has 0 aromatic carbocycles. The van der Waals surface area contributed by atoms with E-state index in [4.69, 9.17) is 0 Å². The Morgan fingerprint density at radius 2 is 2.07 bits per heavy atom. The number of anilines is 1. The lowest BCUT2D eigenvalue weighted by Gasteiger charge is -2.17. The molecule has 0 fully saturated rings. The van der Waals surface area contributed by atoms with Crippen molar-refractivity contribution in [3.63, 3.8) is 0 Å². The van der Waals surface area contributed by atoms with Crippen molar-refractivity contribution < 1.29 is 0 Å². The van der Waals surface area contributed by atoms with Crippen molar-refractivity contribution >= 4 is 21.7 Å². The fraction of sp³-hybridized carbons (Fsp3) is 0.600. The molecular formula is C10H16BrN3. The Hall–Kier alpha value is -0.640. The van der Waals surface area contributed by atoms with Gasteiger partial charge in [-0.2, -0.15) is 0 Å². The molecule has 1 rings (SSSR count). The van der Waals surface area contributed by atoms with Crippen LogP contribution in [0.5, 0.6) is 0 Å². The number of hydrogen-bond donors (Lipinski definition) is 0. The molecule has 0 spiro atoms. The van der Waals surface area contributed by atoms with Gasteiger partial charge in [-0.15, -0.1) is 0 Å². The lowest BCUT2D eigenvalue weighted by atomic mass is 10.2. The lowest BCUT2D eigenvalue weighted by molar-refractivity contribution is 0.760. The quantitative estimate of drug-likeness (QED) is 0.780. The smallest absolute Gasteiger partial charge is 0.134 e. The highest BCUT2D eigenvalue weighted by molar-refractivity contribution is 9.10. The van der Waals surface area contributed by atoms with Crippen LogP contribution in [0.15, 0.2) is 10.7 Å². The zero-order valence-electron chi connectivity index (χ0n) is 9.08. The van der Waals surface area contributed by atoms with Crippen LogP contribution in [-0.4, -0.2) is 23.6 Å². The van der Waals surface area contributed by atoms with Crippen LogP contribution < -0.4 is 4.90 Å². The van der Waals surface area contributed by atoms with Crippen molar-refractivity contribution in [2.45, 2.75) is 26.7 Å². The average Bonchev–Trinajstić information content (AvgIpc) is 2.15. The van der Waals surface area contributed by atoms with E-state index in [1.807, 2.05) is 13.1 Å². The molecule has 0 aliphatic heterocycles. The Balaban J connectivity index is 3.07. The number of rotatable bonds is 3. The maximum atomic E-state index is 4.49. The molecule has 14 heavy (non-hydrogen) atoms. The van der Waals surface area contributed by atoms with Crippen LogP contribution in [0, 0.1) is 0 Å². The third-order valence-corrected chi connectivity index (χ3v) is 2.49. The molecule has 0 atom stereocenters. The number of hydrogen-bond acceptors (Lipinski definition) is 3. The van der Waals surface area contributed by atoms with E-state index in [2.05, 4.69) is 51.6 Å². The zero-order valence-corrected chi connectivity index (χ0v) is 10.7. The maximum Gasteiger partial charge on any atom is 0.134 e. The molecule has 78 valence electrons. The van der Waals surface area contributed by atoms with Crippen molar-refractivity contribution in [2.24, 2.45) is 0 Å². The molecule has 0 saturated heterocycles. The second-order valence-corrected chi connectivity index (χ2v) is 4.39. The number of halogens is 1. The van der Waals surface area contributed by atoms with Crippen molar-refractivity contribution in [1.82, 2.24) is 9.97 Å². The summed E-state index contributed by atoms with van der Waals surface area (Å²) in [5.41, 5.74) is 0. The fourth-order valence-corrected chi connectivity index (χ4v) is 1.43. The summed E-state index contributed by atoms with van der Waals surface area (Å²) < 4.78 is 0.853. The highest BCUT2D eigenvalue weighted by Gasteiger charge is 2.08. The summed E-state index contributed by atoms with van der Waals surface area (Å²) in [6.45, 7) is 7.24. The molecule has 0 N–H and O–H groups in total. The van der Waals surface area contributed by atoms with Crippen LogP contribution in [0.3, 0.4) is 0 Å². The molecule has 1 aromatic rings. The van der Waals surface area contributed by atoms with Gasteiger partial charge in [0.1, 0.15) is 16.2 Å². The minimum Gasteiger partial charge on any atom is -0.360 e. The first-order valence-corrected chi connectivity index (χ1v) is 5.59. The summed E-state index contributed by atoms with van der Waals surface area (Å²) in [6.07, 6.45) is 0. The van der Waals surface area contributed by atoms with Crippen LogP contribution in [0.4, 0.5) is 5.82 Å². The van der Waals surface area contributed by atoms with Gasteiger partial charge in [0.25, 0.3) is 0 Å². The standard InChI is InChI=1S/C10H16BrN3/c1-5-14(4)9-6-8(11)12-10(13-9)7(2)3/h6-7H,5H2,1-4H3. The van der Waals surface area contributed by atoms with E-state index in [1.165, 1.54) is 0 Å². The second-order valence-electron chi connectivity index (χ2n) is 3.58. The largest absolute Gasteiger partial charge is 0.360 e. The molecule has 0 aliphatic rings. The normalized spacial score (nSPS) is 10.7. The monoisotopic (exact) mass is 257 g/mol. The molecule has 1 heterocycles. The Kier molecular flexibility index (Phi) is 3.86. The lowest BCUT2D eigenvalue weighted by Crippen LogP contribution is -2.18. The SMILES string of the molecule is CCN(C)c1cc(Br)nc(C(C)C)n1. The predicted molar refractivity (Wildman–Crippen MR) is 62.8 cm³/mol. The molecule has 0 unspecified atom stereocenters. The summed E-state index contributed by atoms with van der Waals surface area (Å²) in [6, 6.07) is 1.94. The van der Waals surface area contributed by atoms with Gasteiger partial charge in [-0.05, 0) is 22.9 Å². The maximum absolute atomic E-state index is 4.49. The van der Waals surface area contributed by atoms with E-state index in [-0.39, 0.29) is 0 Å². The molecule has 0 radical (unpaired) electrons. The van der Waals surface area contributed by atoms with Gasteiger partial charge in [0.05, 0.1) is 0 Å². The van der Waals surface area contributed by atoms with E-state index >= 15 is 0 Å². The first kappa shape index (κ1) is 11.4. The summed E-state index contributed by atoms with van der Waals surface area (Å²) in [7, 11) is 2.03. The molecule has 4 heteroatoms. The average molecular weight is 258 g/mol. The van der Waals surface area contributed by atoms with Crippen LogP contribution in [0.1, 0.15) is 32.5 Å². The van der Waals surface area contributed by atoms with Crippen molar-refractivity contribution in [3.8, 4) is 0 Å². The molecule has 0 bridgehead atoms. The Morgan fingerprint density at radius 1 is 1.43 bits per heavy atom. The van der Waals surface area contributed by atoms with E-state index in [0.29, 0.717) is 5.92 Å². The molecule has 1 aromatic heterocycles. The zero-order chi connectivity index (χ0) is 10.7. The van der Waals surface area contributed by atoms with Gasteiger partial charge in [0.2, 0.25) is 0 Å². The Labute approximate surface area is 93.7 Å². The van der Waals surface area contributed by atoms with Gasteiger partial charge in [-0.3, -0.25) is 0 Å². The van der Waals surface area contributed by atoms with E-state index in [9.17, 15) is 0 Å². The van der Waals surface area contributed by atoms with Gasteiger partial charge >= 0.3 is 0 Å². The van der Waals surface area contributed by atoms with E-state index in [1.54, 1.807) is 0 Å². The third-order valence-electron chi connectivity index (χ3n) is 2.08. The van der Waals surface area contributed by atoms with Crippen LogP contribution in [0.2, 0.25) is 0 Å². The van der Waals surface area contributed by atoms with E-state index < -0.39 is 0 Å². The van der Waals surface area contributed by atoms with Crippen LogP contribution >= 0.6 is 15.9 Å². The first-order chi connectivity index (χ1) is 6.54. The minimum absolute atomic E-state index is 0.358. The molecule has 0 saturated carbocycles. The van der Waals surface area contributed by atoms with Gasteiger partial charge < -0.3 is 4.90 Å². The van der Waals surface area contributed by atoms with Gasteiger partial charge in [0, 0.05) is 25.6 Å². The van der Waals surface area contributed by atoms with Gasteiger partial charge in [-0.1, -0.05) is 13.8 Å². The number of nitrogens with zero attached hydrogens (tertiary/aromatic N) is 3. The summed E-state index contributed by atoms with van der Waals surface area (Å²) in [5, 5.41) is 0. The summed E-state index contributed by atoms with van der Waals surface area (Å²) >= 11 is 3.40. The number of aromatic nitrogens is 2. The molecule has 0 amide bonds. The second kappa shape index (κ2) is 4.73. The molecule has 3 nitrogen and oxygen atoms in total. The molecule has 0 aliphatic carbocycles. The van der Waals surface area contributed by atoms with Crippen molar-refractivity contribution in [1.29, 1.82) is 0 Å². The van der Waals surface area contributed by atoms with Crippen LogP contribution in [0.25, 0.3) is 0 Å². The predicted octanol–water partition coefficient (Wildman–Crippen LogP) is 2.82. The summed E-state index contributed by atoms with van der Waals surface area (Å²) in [4.78, 5) is 10.9. The van der Waals surface area contributed by atoms with Crippen LogP contribution in [-0.2, 0) is 0 Å². The van der Waals surface area contributed by atoms with Crippen molar-refractivity contribution in [3.05, 3.63) is 16.5 Å². The van der Waals surface area contributed by atoms with Gasteiger partial charge in [-0.25, -0.2) is 9.97 Å². The highest BCUT2D eigenvalue weighted by Crippen LogP contribution is 2.19. The highest BCUT2D eigenvalue weighted by atomic mass is 79.9. The van der Waals surface area contributed by atoms with E-state index in [0.717, 1.165) is 22.8 Å². The third kappa shape index (κ3) is 2.67. The first-order valence-electron chi connectivity index (χ1n) is 4.80. The molecular weight excluding hydrogens is 242 g/mol. The van der Waals surface area contributed by atoms with Crippen molar-refractivity contribution in [2.75, 3.05) is 18.5 Å². The Morgan fingerprint density at radius 3 is 2.57 bits per heavy atom. The minimum atomic E-state index is 0.358. The summed E-state index contributed by atoms with van der Waals surface area (Å²) in [5.74, 6) is 2.21. The topological polar surface area (TPSA) is 29.0 Å². The van der Waals surface area contributed by atoms with Gasteiger partial charge in [0.15, 0.2) is 0 Å². The Bertz CT molecular complexity index is 312.